The minimum atomic E-state index is -0.269. The fourth-order valence-electron chi connectivity index (χ4n) is 1.44. The fraction of sp³-hybridized carbons (Fsp3) is 0.636. The van der Waals surface area contributed by atoms with Crippen LogP contribution in [0.3, 0.4) is 0 Å². The van der Waals surface area contributed by atoms with Crippen molar-refractivity contribution in [3.8, 4) is 0 Å². The summed E-state index contributed by atoms with van der Waals surface area (Å²) in [6.45, 7) is 4.66. The Morgan fingerprint density at radius 1 is 1.57 bits per heavy atom. The molecule has 2 N–H and O–H groups in total. The van der Waals surface area contributed by atoms with E-state index >= 15 is 0 Å². The third-order valence-electron chi connectivity index (χ3n) is 2.12. The van der Waals surface area contributed by atoms with Crippen molar-refractivity contribution in [1.82, 2.24) is 5.32 Å². The highest BCUT2D eigenvalue weighted by molar-refractivity contribution is 7.10. The van der Waals surface area contributed by atoms with Crippen molar-refractivity contribution in [2.45, 2.75) is 38.8 Å². The van der Waals surface area contributed by atoms with Gasteiger partial charge >= 0.3 is 0 Å². The molecule has 0 aliphatic carbocycles. The van der Waals surface area contributed by atoms with Gasteiger partial charge in [0.05, 0.1) is 6.10 Å². The smallest absolute Gasteiger partial charge is 0.0636 e. The van der Waals surface area contributed by atoms with Crippen molar-refractivity contribution < 1.29 is 5.11 Å². The van der Waals surface area contributed by atoms with Gasteiger partial charge in [0, 0.05) is 17.5 Å². The second kappa shape index (κ2) is 6.17. The fourth-order valence-corrected chi connectivity index (χ4v) is 2.27. The number of rotatable bonds is 6. The topological polar surface area (TPSA) is 32.3 Å². The van der Waals surface area contributed by atoms with Crippen LogP contribution in [0.1, 0.15) is 37.6 Å². The molecule has 0 saturated heterocycles. The van der Waals surface area contributed by atoms with Crippen LogP contribution in [0.5, 0.6) is 0 Å². The molecule has 0 aromatic carbocycles. The van der Waals surface area contributed by atoms with Crippen LogP contribution < -0.4 is 5.32 Å². The first kappa shape index (κ1) is 11.7. The Labute approximate surface area is 90.0 Å². The average molecular weight is 213 g/mol. The second-order valence-electron chi connectivity index (χ2n) is 3.61. The van der Waals surface area contributed by atoms with Crippen molar-refractivity contribution in [2.75, 3.05) is 6.54 Å². The quantitative estimate of drug-likeness (QED) is 0.761. The number of aliphatic hydroxyl groups is 1. The molecule has 2 atom stereocenters. The largest absolute Gasteiger partial charge is 0.392 e. The Balaban J connectivity index is 2.47. The van der Waals surface area contributed by atoms with Gasteiger partial charge in [-0.1, -0.05) is 19.4 Å². The van der Waals surface area contributed by atoms with E-state index in [-0.39, 0.29) is 6.10 Å². The summed E-state index contributed by atoms with van der Waals surface area (Å²) in [4.78, 5) is 1.37. The summed E-state index contributed by atoms with van der Waals surface area (Å²) in [5.74, 6) is 0. The van der Waals surface area contributed by atoms with Crippen molar-refractivity contribution >= 4 is 11.3 Å². The van der Waals surface area contributed by atoms with Crippen molar-refractivity contribution in [3.63, 3.8) is 0 Å². The third kappa shape index (κ3) is 3.78. The molecule has 1 aromatic heterocycles. The summed E-state index contributed by atoms with van der Waals surface area (Å²) < 4.78 is 0. The highest BCUT2D eigenvalue weighted by atomic mass is 32.1. The number of hydrogen-bond donors (Lipinski definition) is 2. The first-order chi connectivity index (χ1) is 6.74. The molecule has 80 valence electrons. The molecule has 1 rings (SSSR count). The molecule has 0 aliphatic heterocycles. The van der Waals surface area contributed by atoms with Crippen LogP contribution in [0.4, 0.5) is 0 Å². The molecule has 1 heterocycles. The van der Waals surface area contributed by atoms with Crippen LogP contribution in [-0.4, -0.2) is 17.8 Å². The van der Waals surface area contributed by atoms with E-state index in [1.807, 2.05) is 6.92 Å². The molecule has 14 heavy (non-hydrogen) atoms. The molecule has 1 aromatic rings. The van der Waals surface area contributed by atoms with Gasteiger partial charge in [-0.3, -0.25) is 0 Å². The van der Waals surface area contributed by atoms with Crippen LogP contribution in [-0.2, 0) is 0 Å². The lowest BCUT2D eigenvalue weighted by atomic mass is 10.1. The van der Waals surface area contributed by atoms with Gasteiger partial charge < -0.3 is 10.4 Å². The Kier molecular flexibility index (Phi) is 5.15. The summed E-state index contributed by atoms with van der Waals surface area (Å²) in [7, 11) is 0. The molecular weight excluding hydrogens is 194 g/mol. The highest BCUT2D eigenvalue weighted by Crippen LogP contribution is 2.22. The van der Waals surface area contributed by atoms with Gasteiger partial charge in [-0.2, -0.15) is 0 Å². The standard InChI is InChI=1S/C11H19NOS/c1-3-5-10(12-8-9(2)13)11-6-4-7-14-11/h4,6-7,9-10,12-13H,3,5,8H2,1-2H3/t9-,10?/m1/s1. The van der Waals surface area contributed by atoms with Gasteiger partial charge in [-0.15, -0.1) is 11.3 Å². The van der Waals surface area contributed by atoms with E-state index in [0.717, 1.165) is 12.8 Å². The molecule has 0 bridgehead atoms. The number of hydrogen-bond acceptors (Lipinski definition) is 3. The van der Waals surface area contributed by atoms with Crippen LogP contribution in [0.25, 0.3) is 0 Å². The predicted molar refractivity (Wildman–Crippen MR) is 61.7 cm³/mol. The van der Waals surface area contributed by atoms with Crippen molar-refractivity contribution in [2.24, 2.45) is 0 Å². The normalized spacial score (nSPS) is 15.4. The van der Waals surface area contributed by atoms with E-state index in [4.69, 9.17) is 0 Å². The van der Waals surface area contributed by atoms with Gasteiger partial charge in [0.25, 0.3) is 0 Å². The van der Waals surface area contributed by atoms with Gasteiger partial charge in [0.2, 0.25) is 0 Å². The molecule has 0 radical (unpaired) electrons. The number of aliphatic hydroxyl groups excluding tert-OH is 1. The summed E-state index contributed by atoms with van der Waals surface area (Å²) in [6, 6.07) is 4.64. The Hall–Kier alpha value is -0.380. The summed E-state index contributed by atoms with van der Waals surface area (Å²) >= 11 is 1.78. The average Bonchev–Trinajstić information content (AvgIpc) is 2.64. The van der Waals surface area contributed by atoms with Crippen LogP contribution in [0.2, 0.25) is 0 Å². The Morgan fingerprint density at radius 2 is 2.36 bits per heavy atom. The van der Waals surface area contributed by atoms with E-state index in [9.17, 15) is 5.11 Å². The third-order valence-corrected chi connectivity index (χ3v) is 3.11. The number of nitrogens with one attached hydrogen (secondary N) is 1. The van der Waals surface area contributed by atoms with E-state index < -0.39 is 0 Å². The maximum absolute atomic E-state index is 9.21. The molecule has 2 nitrogen and oxygen atoms in total. The van der Waals surface area contributed by atoms with Gasteiger partial charge in [0.1, 0.15) is 0 Å². The minimum absolute atomic E-state index is 0.269. The SMILES string of the molecule is CCCC(NC[C@@H](C)O)c1cccs1. The Bertz CT molecular complexity index is 233. The zero-order valence-electron chi connectivity index (χ0n) is 8.86. The summed E-state index contributed by atoms with van der Waals surface area (Å²) in [5, 5.41) is 14.7. The molecule has 0 amide bonds. The highest BCUT2D eigenvalue weighted by Gasteiger charge is 2.11. The maximum atomic E-state index is 9.21. The van der Waals surface area contributed by atoms with E-state index in [0.29, 0.717) is 12.6 Å². The van der Waals surface area contributed by atoms with Crippen LogP contribution in [0.15, 0.2) is 17.5 Å². The van der Waals surface area contributed by atoms with E-state index in [1.165, 1.54) is 4.88 Å². The van der Waals surface area contributed by atoms with Gasteiger partial charge in [-0.25, -0.2) is 0 Å². The maximum Gasteiger partial charge on any atom is 0.0636 e. The molecule has 0 fully saturated rings. The molecule has 0 spiro atoms. The zero-order valence-corrected chi connectivity index (χ0v) is 9.68. The van der Waals surface area contributed by atoms with E-state index in [2.05, 4.69) is 29.8 Å². The lowest BCUT2D eigenvalue weighted by Crippen LogP contribution is -2.28. The van der Waals surface area contributed by atoms with Crippen molar-refractivity contribution in [3.05, 3.63) is 22.4 Å². The zero-order chi connectivity index (χ0) is 10.4. The predicted octanol–water partition coefficient (Wildman–Crippen LogP) is 2.56. The summed E-state index contributed by atoms with van der Waals surface area (Å²) in [5.41, 5.74) is 0. The first-order valence-electron chi connectivity index (χ1n) is 5.19. The van der Waals surface area contributed by atoms with Crippen molar-refractivity contribution in [1.29, 1.82) is 0 Å². The summed E-state index contributed by atoms with van der Waals surface area (Å²) in [6.07, 6.45) is 2.03. The lowest BCUT2D eigenvalue weighted by Gasteiger charge is -2.17. The molecule has 3 heteroatoms. The van der Waals surface area contributed by atoms with Gasteiger partial charge in [0.15, 0.2) is 0 Å². The lowest BCUT2D eigenvalue weighted by molar-refractivity contribution is 0.185. The monoisotopic (exact) mass is 213 g/mol. The molecular formula is C11H19NOS. The minimum Gasteiger partial charge on any atom is -0.392 e. The Morgan fingerprint density at radius 3 is 2.86 bits per heavy atom. The number of thiophene rings is 1. The van der Waals surface area contributed by atoms with E-state index in [1.54, 1.807) is 11.3 Å². The molecule has 1 unspecified atom stereocenters. The van der Waals surface area contributed by atoms with Gasteiger partial charge in [-0.05, 0) is 24.8 Å². The molecule has 0 saturated carbocycles. The first-order valence-corrected chi connectivity index (χ1v) is 6.06. The second-order valence-corrected chi connectivity index (χ2v) is 4.59. The van der Waals surface area contributed by atoms with Crippen LogP contribution in [0, 0.1) is 0 Å². The van der Waals surface area contributed by atoms with Crippen LogP contribution >= 0.6 is 11.3 Å². The molecule has 0 aliphatic rings.